The molecule has 0 bridgehead atoms. The molecule has 1 aliphatic carbocycles. The molecule has 0 unspecified atom stereocenters. The topological polar surface area (TPSA) is 72.7 Å². The second-order valence-electron chi connectivity index (χ2n) is 15.6. The molecule has 53 heavy (non-hydrogen) atoms. The quantitative estimate of drug-likeness (QED) is 0.120. The molecule has 0 atom stereocenters. The van der Waals surface area contributed by atoms with Gasteiger partial charge in [0.2, 0.25) is 11.6 Å². The molecule has 0 fully saturated rings. The lowest BCUT2D eigenvalue weighted by Crippen LogP contribution is -2.38. The maximum Gasteiger partial charge on any atom is 0.253 e. The van der Waals surface area contributed by atoms with Gasteiger partial charge in [-0.25, -0.2) is 0 Å². The average Bonchev–Trinajstić information content (AvgIpc) is 3.66. The number of carbonyl (C=O) groups excluding carboxylic acids is 3. The number of imide groups is 1. The van der Waals surface area contributed by atoms with E-state index in [9.17, 15) is 14.4 Å². The van der Waals surface area contributed by atoms with Crippen LogP contribution in [0.15, 0.2) is 107 Å². The number of rotatable bonds is 14. The Bertz CT molecular complexity index is 1940. The molecular weight excluding hydrogens is 680 g/mol. The standard InChI is InChI=1S/C45H53ClN4O3/c1-6-29-48-36-19-11-9-17-34(36)44(2,3)38(48)24-22-32-15-14-16-33(43(32)46)23-25-39-45(4,5)35-18-10-12-20-37(35)49(39)30-13-7-8-21-40(51)47-28-31-50-41(52)26-27-42(50)53/h9-12,17-20,22-27H,6-8,13-16,21,28-31H2,1-5H3/p+1. The Morgan fingerprint density at radius 2 is 1.57 bits per heavy atom. The van der Waals surface area contributed by atoms with Crippen molar-refractivity contribution in [2.75, 3.05) is 31.1 Å². The molecule has 4 aliphatic rings. The van der Waals surface area contributed by atoms with Gasteiger partial charge in [0.25, 0.3) is 11.8 Å². The normalized spacial score (nSPS) is 20.5. The third-order valence-electron chi connectivity index (χ3n) is 11.2. The van der Waals surface area contributed by atoms with E-state index in [4.69, 9.17) is 11.6 Å². The average molecular weight is 734 g/mol. The first-order chi connectivity index (χ1) is 25.4. The van der Waals surface area contributed by atoms with E-state index in [1.807, 2.05) is 0 Å². The molecule has 2 aromatic rings. The lowest BCUT2D eigenvalue weighted by molar-refractivity contribution is -0.437. The van der Waals surface area contributed by atoms with Crippen molar-refractivity contribution in [3.63, 3.8) is 0 Å². The van der Waals surface area contributed by atoms with Crippen LogP contribution < -0.4 is 10.2 Å². The van der Waals surface area contributed by atoms with E-state index >= 15 is 0 Å². The van der Waals surface area contributed by atoms with Gasteiger partial charge in [0, 0.05) is 84.2 Å². The van der Waals surface area contributed by atoms with Gasteiger partial charge in [-0.05, 0) is 74.8 Å². The third-order valence-corrected chi connectivity index (χ3v) is 11.7. The molecule has 0 aromatic heterocycles. The van der Waals surface area contributed by atoms with Crippen molar-refractivity contribution in [1.29, 1.82) is 0 Å². The zero-order chi connectivity index (χ0) is 37.8. The Morgan fingerprint density at radius 3 is 2.32 bits per heavy atom. The number of hydrogen-bond donors (Lipinski definition) is 1. The van der Waals surface area contributed by atoms with Crippen molar-refractivity contribution < 1.29 is 19.0 Å². The van der Waals surface area contributed by atoms with Crippen molar-refractivity contribution in [2.45, 2.75) is 96.8 Å². The van der Waals surface area contributed by atoms with Crippen LogP contribution in [-0.4, -0.2) is 59.1 Å². The van der Waals surface area contributed by atoms with E-state index in [2.05, 4.69) is 122 Å². The zero-order valence-corrected chi connectivity index (χ0v) is 32.8. The molecule has 6 rings (SSSR count). The Morgan fingerprint density at radius 1 is 0.849 bits per heavy atom. The monoisotopic (exact) mass is 733 g/mol. The van der Waals surface area contributed by atoms with Crippen molar-refractivity contribution in [3.05, 3.63) is 118 Å². The summed E-state index contributed by atoms with van der Waals surface area (Å²) >= 11 is 7.22. The summed E-state index contributed by atoms with van der Waals surface area (Å²) < 4.78 is 2.48. The maximum absolute atomic E-state index is 12.4. The van der Waals surface area contributed by atoms with Gasteiger partial charge in [-0.3, -0.25) is 19.3 Å². The van der Waals surface area contributed by atoms with E-state index in [1.165, 1.54) is 57.2 Å². The van der Waals surface area contributed by atoms with Gasteiger partial charge >= 0.3 is 0 Å². The van der Waals surface area contributed by atoms with Crippen LogP contribution in [0.5, 0.6) is 0 Å². The molecule has 3 amide bonds. The molecule has 3 aliphatic heterocycles. The number of benzene rings is 2. The fourth-order valence-corrected chi connectivity index (χ4v) is 8.65. The Labute approximate surface area is 320 Å². The van der Waals surface area contributed by atoms with Crippen LogP contribution in [0, 0.1) is 0 Å². The van der Waals surface area contributed by atoms with Gasteiger partial charge in [-0.2, -0.15) is 4.58 Å². The minimum atomic E-state index is -0.329. The number of hydrogen-bond acceptors (Lipinski definition) is 4. The first-order valence-corrected chi connectivity index (χ1v) is 19.7. The second kappa shape index (κ2) is 16.3. The summed E-state index contributed by atoms with van der Waals surface area (Å²) in [5.74, 6) is -0.716. The Balaban J connectivity index is 1.13. The van der Waals surface area contributed by atoms with Crippen molar-refractivity contribution in [1.82, 2.24) is 10.2 Å². The smallest absolute Gasteiger partial charge is 0.253 e. The van der Waals surface area contributed by atoms with E-state index < -0.39 is 0 Å². The number of para-hydroxylation sites is 2. The molecule has 0 saturated carbocycles. The fourth-order valence-electron chi connectivity index (χ4n) is 8.33. The zero-order valence-electron chi connectivity index (χ0n) is 32.0. The van der Waals surface area contributed by atoms with Crippen LogP contribution >= 0.6 is 11.6 Å². The highest BCUT2D eigenvalue weighted by atomic mass is 35.5. The summed E-state index contributed by atoms with van der Waals surface area (Å²) in [5, 5.41) is 3.71. The Kier molecular flexibility index (Phi) is 11.7. The van der Waals surface area contributed by atoms with Crippen LogP contribution in [0.4, 0.5) is 11.4 Å². The predicted molar refractivity (Wildman–Crippen MR) is 216 cm³/mol. The highest BCUT2D eigenvalue weighted by Crippen LogP contribution is 2.48. The molecular formula is C45H54ClN4O3+. The van der Waals surface area contributed by atoms with E-state index in [0.29, 0.717) is 6.42 Å². The molecule has 7 nitrogen and oxygen atoms in total. The van der Waals surface area contributed by atoms with Crippen LogP contribution in [-0.2, 0) is 25.2 Å². The number of fused-ring (bicyclic) bond motifs is 2. The van der Waals surface area contributed by atoms with Crippen molar-refractivity contribution in [3.8, 4) is 0 Å². The summed E-state index contributed by atoms with van der Waals surface area (Å²) in [5.41, 5.74) is 9.95. The third kappa shape index (κ3) is 7.91. The fraction of sp³-hybridized carbons (Fsp3) is 0.422. The van der Waals surface area contributed by atoms with Crippen LogP contribution in [0.25, 0.3) is 0 Å². The second-order valence-corrected chi connectivity index (χ2v) is 15.9. The maximum atomic E-state index is 12.4. The van der Waals surface area contributed by atoms with Crippen LogP contribution in [0.1, 0.15) is 97.1 Å². The van der Waals surface area contributed by atoms with Gasteiger partial charge in [-0.1, -0.05) is 87.3 Å². The molecule has 3 heterocycles. The molecule has 2 aromatic carbocycles. The number of halogens is 1. The number of carbonyl (C=O) groups is 3. The van der Waals surface area contributed by atoms with Gasteiger partial charge in [0.15, 0.2) is 5.71 Å². The summed E-state index contributed by atoms with van der Waals surface area (Å²) in [6.07, 6.45) is 18.7. The predicted octanol–water partition coefficient (Wildman–Crippen LogP) is 8.92. The number of allylic oxidation sites excluding steroid dienone is 8. The molecule has 0 spiro atoms. The van der Waals surface area contributed by atoms with Crippen molar-refractivity contribution in [2.24, 2.45) is 0 Å². The molecule has 0 saturated heterocycles. The highest BCUT2D eigenvalue weighted by Gasteiger charge is 2.44. The molecule has 8 heteroatoms. The largest absolute Gasteiger partial charge is 0.354 e. The molecule has 278 valence electrons. The minimum absolute atomic E-state index is 0.0579. The first-order valence-electron chi connectivity index (χ1n) is 19.3. The summed E-state index contributed by atoms with van der Waals surface area (Å²) in [4.78, 5) is 39.5. The minimum Gasteiger partial charge on any atom is -0.354 e. The number of amides is 3. The summed E-state index contributed by atoms with van der Waals surface area (Å²) in [6.45, 7) is 13.8. The van der Waals surface area contributed by atoms with Crippen LogP contribution in [0.3, 0.4) is 0 Å². The highest BCUT2D eigenvalue weighted by molar-refractivity contribution is 6.32. The summed E-state index contributed by atoms with van der Waals surface area (Å²) in [6, 6.07) is 17.5. The van der Waals surface area contributed by atoms with Crippen molar-refractivity contribution >= 4 is 46.4 Å². The molecule has 0 radical (unpaired) electrons. The lowest BCUT2D eigenvalue weighted by Gasteiger charge is -2.27. The SMILES string of the molecule is CCC[N+]1=C(/C=C/C2=C(Cl)C(=C/C=C3/N(CCCCCC(=O)NCCN4C(=O)C=CC4=O)c4ccccc4C3(C)C)/CCC2)C(C)(C)c2ccccc21. The lowest BCUT2D eigenvalue weighted by atomic mass is 9.81. The van der Waals surface area contributed by atoms with E-state index in [-0.39, 0.29) is 41.6 Å². The van der Waals surface area contributed by atoms with Gasteiger partial charge < -0.3 is 10.2 Å². The number of anilines is 1. The van der Waals surface area contributed by atoms with Gasteiger partial charge in [0.1, 0.15) is 6.54 Å². The Hall–Kier alpha value is -4.49. The van der Waals surface area contributed by atoms with E-state index in [0.717, 1.165) is 68.0 Å². The van der Waals surface area contributed by atoms with Gasteiger partial charge in [-0.15, -0.1) is 0 Å². The van der Waals surface area contributed by atoms with Gasteiger partial charge in [0.05, 0.1) is 5.41 Å². The number of nitrogens with zero attached hydrogens (tertiary/aromatic N) is 3. The summed E-state index contributed by atoms with van der Waals surface area (Å²) in [7, 11) is 0. The van der Waals surface area contributed by atoms with E-state index in [1.54, 1.807) is 0 Å². The molecule has 1 N–H and O–H groups in total. The first kappa shape index (κ1) is 38.2. The number of unbranched alkanes of at least 4 members (excludes halogenated alkanes) is 2. The number of nitrogens with one attached hydrogen (secondary N) is 1. The van der Waals surface area contributed by atoms with Crippen LogP contribution in [0.2, 0.25) is 0 Å².